The van der Waals surface area contributed by atoms with Crippen LogP contribution in [-0.4, -0.2) is 19.7 Å². The summed E-state index contributed by atoms with van der Waals surface area (Å²) in [5, 5.41) is 11.1. The first kappa shape index (κ1) is 13.4. The number of nitrogens with zero attached hydrogens (tertiary/aromatic N) is 4. The van der Waals surface area contributed by atoms with Gasteiger partial charge in [0.15, 0.2) is 0 Å². The summed E-state index contributed by atoms with van der Waals surface area (Å²) in [6.45, 7) is 4.14. The predicted molar refractivity (Wildman–Crippen MR) is 79.7 cm³/mol. The number of nitrogens with one attached hydrogen (secondary N) is 1. The molecule has 0 spiro atoms. The van der Waals surface area contributed by atoms with Crippen molar-refractivity contribution in [2.24, 2.45) is 7.05 Å². The van der Waals surface area contributed by atoms with Crippen LogP contribution in [0.4, 0.5) is 5.69 Å². The maximum absolute atomic E-state index is 5.21. The molecule has 108 valence electrons. The van der Waals surface area contributed by atoms with Gasteiger partial charge in [-0.25, -0.2) is 4.98 Å². The molecule has 0 saturated carbocycles. The van der Waals surface area contributed by atoms with Crippen LogP contribution in [0.5, 0.6) is 0 Å². The fraction of sp³-hybridized carbons (Fsp3) is 0.267. The summed E-state index contributed by atoms with van der Waals surface area (Å²) >= 11 is 0. The molecule has 1 aromatic carbocycles. The van der Waals surface area contributed by atoms with Gasteiger partial charge in [-0.1, -0.05) is 0 Å². The lowest BCUT2D eigenvalue weighted by molar-refractivity contribution is 0.568. The second-order valence-corrected chi connectivity index (χ2v) is 5.04. The average Bonchev–Trinajstić information content (AvgIpc) is 3.12. The Bertz CT molecular complexity index is 732. The number of aryl methyl sites for hydroxylation is 2. The lowest BCUT2D eigenvalue weighted by Gasteiger charge is -2.17. The van der Waals surface area contributed by atoms with E-state index in [4.69, 9.17) is 4.42 Å². The molecule has 2 heterocycles. The monoisotopic (exact) mass is 283 g/mol. The fourth-order valence-corrected chi connectivity index (χ4v) is 2.35. The van der Waals surface area contributed by atoms with E-state index in [-0.39, 0.29) is 6.04 Å². The maximum atomic E-state index is 5.21. The minimum Gasteiger partial charge on any atom is -0.423 e. The first-order valence-electron chi connectivity index (χ1n) is 6.76. The van der Waals surface area contributed by atoms with Crippen LogP contribution in [0, 0.1) is 6.92 Å². The lowest BCUT2D eigenvalue weighted by atomic mass is 10.1. The van der Waals surface area contributed by atoms with E-state index in [0.29, 0.717) is 5.89 Å². The second-order valence-electron chi connectivity index (χ2n) is 5.04. The van der Waals surface area contributed by atoms with Gasteiger partial charge in [-0.2, -0.15) is 0 Å². The average molecular weight is 283 g/mol. The Labute approximate surface area is 122 Å². The SMILES string of the molecule is Cc1cc(-c2nnco2)ccc1NC(C)c1nccn1C. The molecule has 21 heavy (non-hydrogen) atoms. The molecule has 1 atom stereocenters. The number of aromatic nitrogens is 4. The molecule has 0 aliphatic rings. The van der Waals surface area contributed by atoms with Gasteiger partial charge in [0.25, 0.3) is 0 Å². The number of rotatable bonds is 4. The number of imidazole rings is 1. The number of hydrogen-bond acceptors (Lipinski definition) is 5. The molecular weight excluding hydrogens is 266 g/mol. The van der Waals surface area contributed by atoms with Gasteiger partial charge in [-0.15, -0.1) is 10.2 Å². The highest BCUT2D eigenvalue weighted by Crippen LogP contribution is 2.26. The number of hydrogen-bond donors (Lipinski definition) is 1. The highest BCUT2D eigenvalue weighted by Gasteiger charge is 2.12. The van der Waals surface area contributed by atoms with Crippen LogP contribution in [0.1, 0.15) is 24.4 Å². The van der Waals surface area contributed by atoms with Crippen molar-refractivity contribution in [3.8, 4) is 11.5 Å². The standard InChI is InChI=1S/C15H17N5O/c1-10-8-12(15-19-17-9-21-15)4-5-13(10)18-11(2)14-16-6-7-20(14)3/h4-9,11,18H,1-3H3. The van der Waals surface area contributed by atoms with E-state index < -0.39 is 0 Å². The molecule has 0 amide bonds. The van der Waals surface area contributed by atoms with Gasteiger partial charge in [0.05, 0.1) is 6.04 Å². The number of anilines is 1. The van der Waals surface area contributed by atoms with Crippen LogP contribution >= 0.6 is 0 Å². The van der Waals surface area contributed by atoms with Crippen molar-refractivity contribution >= 4 is 5.69 Å². The maximum Gasteiger partial charge on any atom is 0.247 e. The van der Waals surface area contributed by atoms with Crippen LogP contribution in [0.15, 0.2) is 41.4 Å². The molecule has 1 N–H and O–H groups in total. The van der Waals surface area contributed by atoms with Gasteiger partial charge in [0.1, 0.15) is 5.82 Å². The zero-order valence-corrected chi connectivity index (χ0v) is 12.2. The van der Waals surface area contributed by atoms with E-state index >= 15 is 0 Å². The Morgan fingerprint density at radius 2 is 2.19 bits per heavy atom. The zero-order valence-electron chi connectivity index (χ0n) is 12.2. The summed E-state index contributed by atoms with van der Waals surface area (Å²) < 4.78 is 7.23. The summed E-state index contributed by atoms with van der Waals surface area (Å²) in [4.78, 5) is 4.37. The zero-order chi connectivity index (χ0) is 14.8. The second kappa shape index (κ2) is 5.40. The van der Waals surface area contributed by atoms with Crippen LogP contribution in [0.3, 0.4) is 0 Å². The topological polar surface area (TPSA) is 68.8 Å². The lowest BCUT2D eigenvalue weighted by Crippen LogP contribution is -2.12. The Balaban J connectivity index is 1.82. The van der Waals surface area contributed by atoms with Gasteiger partial charge in [0.2, 0.25) is 12.3 Å². The van der Waals surface area contributed by atoms with E-state index in [1.807, 2.05) is 42.9 Å². The summed E-state index contributed by atoms with van der Waals surface area (Å²) in [6, 6.07) is 6.14. The molecule has 0 aliphatic heterocycles. The van der Waals surface area contributed by atoms with E-state index in [1.165, 1.54) is 6.39 Å². The van der Waals surface area contributed by atoms with Crippen LogP contribution in [-0.2, 0) is 7.05 Å². The van der Waals surface area contributed by atoms with Crippen LogP contribution in [0.25, 0.3) is 11.5 Å². The van der Waals surface area contributed by atoms with Crippen molar-refractivity contribution < 1.29 is 4.42 Å². The Hall–Kier alpha value is -2.63. The van der Waals surface area contributed by atoms with Crippen molar-refractivity contribution in [2.45, 2.75) is 19.9 Å². The molecule has 0 radical (unpaired) electrons. The molecule has 0 fully saturated rings. The third kappa shape index (κ3) is 2.65. The summed E-state index contributed by atoms with van der Waals surface area (Å²) in [5.74, 6) is 1.53. The predicted octanol–water partition coefficient (Wildman–Crippen LogP) is 2.95. The van der Waals surface area contributed by atoms with E-state index in [0.717, 1.165) is 22.6 Å². The minimum absolute atomic E-state index is 0.123. The van der Waals surface area contributed by atoms with Gasteiger partial charge < -0.3 is 14.3 Å². The first-order valence-corrected chi connectivity index (χ1v) is 6.76. The summed E-state index contributed by atoms with van der Waals surface area (Å²) in [6.07, 6.45) is 5.08. The largest absolute Gasteiger partial charge is 0.423 e. The Morgan fingerprint density at radius 1 is 1.33 bits per heavy atom. The molecule has 3 aromatic rings. The van der Waals surface area contributed by atoms with Crippen molar-refractivity contribution in [1.82, 2.24) is 19.7 Å². The Morgan fingerprint density at radius 3 is 2.81 bits per heavy atom. The third-order valence-electron chi connectivity index (χ3n) is 3.45. The first-order chi connectivity index (χ1) is 10.1. The summed E-state index contributed by atoms with van der Waals surface area (Å²) in [5.41, 5.74) is 3.10. The molecule has 6 nitrogen and oxygen atoms in total. The fourth-order valence-electron chi connectivity index (χ4n) is 2.35. The smallest absolute Gasteiger partial charge is 0.247 e. The van der Waals surface area contributed by atoms with E-state index in [9.17, 15) is 0 Å². The highest BCUT2D eigenvalue weighted by atomic mass is 16.4. The quantitative estimate of drug-likeness (QED) is 0.797. The highest BCUT2D eigenvalue weighted by molar-refractivity contribution is 5.62. The van der Waals surface area contributed by atoms with E-state index in [2.05, 4.69) is 27.4 Å². The van der Waals surface area contributed by atoms with Crippen molar-refractivity contribution in [2.75, 3.05) is 5.32 Å². The molecule has 2 aromatic heterocycles. The third-order valence-corrected chi connectivity index (χ3v) is 3.45. The minimum atomic E-state index is 0.123. The molecular formula is C15H17N5O. The molecule has 0 aliphatic carbocycles. The van der Waals surface area contributed by atoms with Gasteiger partial charge in [-0.05, 0) is 37.6 Å². The molecule has 1 unspecified atom stereocenters. The van der Waals surface area contributed by atoms with Crippen LogP contribution < -0.4 is 5.32 Å². The normalized spacial score (nSPS) is 12.3. The van der Waals surface area contributed by atoms with E-state index in [1.54, 1.807) is 6.20 Å². The molecule has 0 bridgehead atoms. The molecule has 0 saturated heterocycles. The molecule has 6 heteroatoms. The van der Waals surface area contributed by atoms with Gasteiger partial charge in [0, 0.05) is 30.7 Å². The van der Waals surface area contributed by atoms with Crippen molar-refractivity contribution in [1.29, 1.82) is 0 Å². The number of benzene rings is 1. The van der Waals surface area contributed by atoms with Crippen LogP contribution in [0.2, 0.25) is 0 Å². The van der Waals surface area contributed by atoms with Gasteiger partial charge in [-0.3, -0.25) is 0 Å². The summed E-state index contributed by atoms with van der Waals surface area (Å²) in [7, 11) is 1.99. The van der Waals surface area contributed by atoms with Gasteiger partial charge >= 0.3 is 0 Å². The Kier molecular flexibility index (Phi) is 3.43. The molecule has 3 rings (SSSR count). The van der Waals surface area contributed by atoms with Crippen molar-refractivity contribution in [3.05, 3.63) is 48.4 Å². The van der Waals surface area contributed by atoms with Crippen molar-refractivity contribution in [3.63, 3.8) is 0 Å².